The van der Waals surface area contributed by atoms with Gasteiger partial charge in [0.1, 0.15) is 0 Å². The van der Waals surface area contributed by atoms with Crippen molar-refractivity contribution in [2.24, 2.45) is 0 Å². The van der Waals surface area contributed by atoms with Crippen molar-refractivity contribution in [2.45, 2.75) is 102 Å². The van der Waals surface area contributed by atoms with Gasteiger partial charge in [0.05, 0.1) is 0 Å². The molecule has 0 amide bonds. The van der Waals surface area contributed by atoms with E-state index in [0.717, 1.165) is 0 Å². The first-order valence-electron chi connectivity index (χ1n) is 9.57. The monoisotopic (exact) mass is 320 g/mol. The molecule has 1 aromatic carbocycles. The van der Waals surface area contributed by atoms with Gasteiger partial charge in [-0.25, -0.2) is 0 Å². The Kier molecular flexibility index (Phi) is 11.6. The fourth-order valence-electron chi connectivity index (χ4n) is 3.29. The van der Waals surface area contributed by atoms with E-state index in [4.69, 9.17) is 0 Å². The van der Waals surface area contributed by atoms with Gasteiger partial charge in [-0.3, -0.25) is 0 Å². The van der Waals surface area contributed by atoms with Crippen molar-refractivity contribution in [2.75, 3.05) is 0 Å². The largest absolute Gasteiger partial charge is 0.143 e. The van der Waals surface area contributed by atoms with Gasteiger partial charge in [0, 0.05) is 4.90 Å². The van der Waals surface area contributed by atoms with Crippen LogP contribution in [0.1, 0.15) is 102 Å². The summed E-state index contributed by atoms with van der Waals surface area (Å²) in [5.41, 5.74) is 1.45. The first-order chi connectivity index (χ1) is 10.8. The second kappa shape index (κ2) is 13.0. The number of hydrogen-bond donors (Lipinski definition) is 1. The Morgan fingerprint density at radius 2 is 1.32 bits per heavy atom. The van der Waals surface area contributed by atoms with Gasteiger partial charge >= 0.3 is 0 Å². The summed E-state index contributed by atoms with van der Waals surface area (Å²) < 4.78 is 0. The summed E-state index contributed by atoms with van der Waals surface area (Å²) >= 11 is 4.62. The Labute approximate surface area is 144 Å². The predicted octanol–water partition coefficient (Wildman–Crippen LogP) is 7.78. The molecular weight excluding hydrogens is 284 g/mol. The molecule has 1 atom stereocenters. The molecule has 0 aromatic heterocycles. The molecule has 22 heavy (non-hydrogen) atoms. The van der Waals surface area contributed by atoms with Gasteiger partial charge in [0.2, 0.25) is 0 Å². The summed E-state index contributed by atoms with van der Waals surface area (Å²) in [6.45, 7) is 4.59. The quantitative estimate of drug-likeness (QED) is 0.278. The molecular formula is C21H36S. The van der Waals surface area contributed by atoms with Crippen LogP contribution in [0, 0.1) is 0 Å². The van der Waals surface area contributed by atoms with Crippen LogP contribution in [0.3, 0.4) is 0 Å². The molecule has 0 bridgehead atoms. The van der Waals surface area contributed by atoms with Gasteiger partial charge in [-0.2, -0.15) is 0 Å². The topological polar surface area (TPSA) is 0 Å². The summed E-state index contributed by atoms with van der Waals surface area (Å²) in [6.07, 6.45) is 16.8. The third-order valence-corrected chi connectivity index (χ3v) is 5.18. The molecule has 126 valence electrons. The van der Waals surface area contributed by atoms with Gasteiger partial charge in [-0.15, -0.1) is 12.6 Å². The normalized spacial score (nSPS) is 12.5. The van der Waals surface area contributed by atoms with Crippen molar-refractivity contribution in [1.29, 1.82) is 0 Å². The van der Waals surface area contributed by atoms with E-state index in [2.05, 4.69) is 50.7 Å². The zero-order valence-corrected chi connectivity index (χ0v) is 15.7. The second-order valence-electron chi connectivity index (χ2n) is 6.63. The third-order valence-electron chi connectivity index (χ3n) is 4.78. The average molecular weight is 321 g/mol. The first kappa shape index (κ1) is 19.6. The lowest BCUT2D eigenvalue weighted by atomic mass is 9.90. The van der Waals surface area contributed by atoms with Crippen LogP contribution in [0.2, 0.25) is 0 Å². The highest BCUT2D eigenvalue weighted by molar-refractivity contribution is 7.80. The highest BCUT2D eigenvalue weighted by Crippen LogP contribution is 2.30. The Hall–Kier alpha value is -0.430. The molecule has 1 rings (SSSR count). The Balaban J connectivity index is 2.07. The van der Waals surface area contributed by atoms with Crippen LogP contribution in [-0.2, 0) is 0 Å². The van der Waals surface area contributed by atoms with Gasteiger partial charge in [-0.05, 0) is 30.4 Å². The molecule has 0 aliphatic carbocycles. The third kappa shape index (κ3) is 8.27. The Bertz CT molecular complexity index is 372. The molecule has 0 radical (unpaired) electrons. The molecule has 0 nitrogen and oxygen atoms in total. The van der Waals surface area contributed by atoms with E-state index >= 15 is 0 Å². The minimum absolute atomic E-state index is 0.697. The summed E-state index contributed by atoms with van der Waals surface area (Å²) in [6, 6.07) is 8.61. The molecule has 1 unspecified atom stereocenters. The lowest BCUT2D eigenvalue weighted by Gasteiger charge is -2.17. The number of rotatable bonds is 13. The maximum atomic E-state index is 4.62. The van der Waals surface area contributed by atoms with Crippen molar-refractivity contribution in [3.8, 4) is 0 Å². The second-order valence-corrected chi connectivity index (χ2v) is 7.12. The summed E-state index contributed by atoms with van der Waals surface area (Å²) in [5, 5.41) is 0. The van der Waals surface area contributed by atoms with Gasteiger partial charge < -0.3 is 0 Å². The summed E-state index contributed by atoms with van der Waals surface area (Å²) in [5.74, 6) is 0.697. The number of unbranched alkanes of at least 4 members (excludes halogenated alkanes) is 9. The van der Waals surface area contributed by atoms with Crippen LogP contribution in [0.25, 0.3) is 0 Å². The fraction of sp³-hybridized carbons (Fsp3) is 0.714. The molecule has 0 saturated heterocycles. The van der Waals surface area contributed by atoms with Crippen molar-refractivity contribution in [3.05, 3.63) is 29.8 Å². The fourth-order valence-corrected chi connectivity index (χ4v) is 3.63. The van der Waals surface area contributed by atoms with Crippen molar-refractivity contribution >= 4 is 12.6 Å². The zero-order chi connectivity index (χ0) is 16.0. The van der Waals surface area contributed by atoms with Crippen LogP contribution in [0.5, 0.6) is 0 Å². The van der Waals surface area contributed by atoms with E-state index in [1.54, 1.807) is 0 Å². The summed E-state index contributed by atoms with van der Waals surface area (Å²) in [4.78, 5) is 1.17. The lowest BCUT2D eigenvalue weighted by molar-refractivity contribution is 0.515. The van der Waals surface area contributed by atoms with E-state index in [9.17, 15) is 0 Å². The van der Waals surface area contributed by atoms with Crippen LogP contribution in [0.15, 0.2) is 29.2 Å². The predicted molar refractivity (Wildman–Crippen MR) is 103 cm³/mol. The van der Waals surface area contributed by atoms with Crippen LogP contribution in [-0.4, -0.2) is 0 Å². The van der Waals surface area contributed by atoms with Crippen LogP contribution >= 0.6 is 12.6 Å². The minimum Gasteiger partial charge on any atom is -0.143 e. The van der Waals surface area contributed by atoms with E-state index in [0.29, 0.717) is 5.92 Å². The van der Waals surface area contributed by atoms with E-state index in [1.165, 1.54) is 87.5 Å². The van der Waals surface area contributed by atoms with E-state index < -0.39 is 0 Å². The molecule has 0 spiro atoms. The van der Waals surface area contributed by atoms with Crippen LogP contribution < -0.4 is 0 Å². The van der Waals surface area contributed by atoms with Gasteiger partial charge in [-0.1, -0.05) is 96.3 Å². The van der Waals surface area contributed by atoms with Crippen molar-refractivity contribution in [3.63, 3.8) is 0 Å². The van der Waals surface area contributed by atoms with E-state index in [-0.39, 0.29) is 0 Å². The standard InChI is InChI=1S/C21H36S/c1-3-5-6-7-8-9-10-11-12-13-16-19(4-2)20-17-14-15-18-21(20)22/h14-15,17-19,22H,3-13,16H2,1-2H3. The highest BCUT2D eigenvalue weighted by Gasteiger charge is 2.11. The van der Waals surface area contributed by atoms with Crippen LogP contribution in [0.4, 0.5) is 0 Å². The number of thiol groups is 1. The van der Waals surface area contributed by atoms with Crippen molar-refractivity contribution < 1.29 is 0 Å². The Morgan fingerprint density at radius 1 is 0.773 bits per heavy atom. The van der Waals surface area contributed by atoms with Gasteiger partial charge in [0.15, 0.2) is 0 Å². The highest BCUT2D eigenvalue weighted by atomic mass is 32.1. The van der Waals surface area contributed by atoms with Crippen molar-refractivity contribution in [1.82, 2.24) is 0 Å². The number of benzene rings is 1. The van der Waals surface area contributed by atoms with E-state index in [1.807, 2.05) is 0 Å². The maximum Gasteiger partial charge on any atom is 0.00748 e. The van der Waals surface area contributed by atoms with Gasteiger partial charge in [0.25, 0.3) is 0 Å². The Morgan fingerprint density at radius 3 is 1.86 bits per heavy atom. The SMILES string of the molecule is CCCCCCCCCCCCC(CC)c1ccccc1S. The zero-order valence-electron chi connectivity index (χ0n) is 14.8. The smallest absolute Gasteiger partial charge is 0.00748 e. The molecule has 0 fully saturated rings. The summed E-state index contributed by atoms with van der Waals surface area (Å²) in [7, 11) is 0. The molecule has 0 N–H and O–H groups in total. The first-order valence-corrected chi connectivity index (χ1v) is 10.0. The molecule has 0 aliphatic rings. The molecule has 0 aliphatic heterocycles. The average Bonchev–Trinajstić information content (AvgIpc) is 2.54. The number of hydrogen-bond acceptors (Lipinski definition) is 1. The molecule has 0 saturated carbocycles. The molecule has 1 aromatic rings. The molecule has 1 heteroatoms. The molecule has 0 heterocycles. The minimum atomic E-state index is 0.697. The maximum absolute atomic E-state index is 4.62. The lowest BCUT2D eigenvalue weighted by Crippen LogP contribution is -1.99.